The lowest BCUT2D eigenvalue weighted by Crippen LogP contribution is -2.64. The molecule has 0 saturated heterocycles. The highest BCUT2D eigenvalue weighted by atomic mass is 31.2. The van der Waals surface area contributed by atoms with Crippen LogP contribution in [0.3, 0.4) is 0 Å². The highest BCUT2D eigenvalue weighted by molar-refractivity contribution is 7.47. The molecular weight excluding hydrogens is 741 g/mol. The molecule has 56 heavy (non-hydrogen) atoms. The maximum absolute atomic E-state index is 12.9. The Morgan fingerprint density at radius 1 is 0.643 bits per heavy atom. The van der Waals surface area contributed by atoms with Gasteiger partial charge in [-0.1, -0.05) is 147 Å². The number of phosphoric acid groups is 1. The van der Waals surface area contributed by atoms with E-state index in [1.165, 1.54) is 76.7 Å². The molecule has 0 aromatic carbocycles. The third kappa shape index (κ3) is 24.4. The summed E-state index contributed by atoms with van der Waals surface area (Å²) in [6, 6.07) is -1.24. The van der Waals surface area contributed by atoms with E-state index in [1.807, 2.05) is 0 Å². The van der Waals surface area contributed by atoms with Crippen LogP contribution in [0, 0.1) is 0 Å². The van der Waals surface area contributed by atoms with Gasteiger partial charge in [-0.05, 0) is 44.9 Å². The van der Waals surface area contributed by atoms with Crippen molar-refractivity contribution in [3.63, 3.8) is 0 Å². The second-order valence-corrected chi connectivity index (χ2v) is 16.8. The Morgan fingerprint density at radius 2 is 1.07 bits per heavy atom. The van der Waals surface area contributed by atoms with E-state index in [2.05, 4.69) is 43.5 Å². The molecule has 1 amide bonds. The summed E-state index contributed by atoms with van der Waals surface area (Å²) in [5.74, 6) is -0.608. The van der Waals surface area contributed by atoms with Crippen LogP contribution in [0.1, 0.15) is 162 Å². The van der Waals surface area contributed by atoms with Crippen LogP contribution in [-0.2, 0) is 18.4 Å². The topological polar surface area (TPSA) is 226 Å². The van der Waals surface area contributed by atoms with Gasteiger partial charge in [0, 0.05) is 0 Å². The first-order chi connectivity index (χ1) is 26.8. The minimum atomic E-state index is -5.14. The lowest BCUT2D eigenvalue weighted by atomic mass is 9.85. The van der Waals surface area contributed by atoms with Gasteiger partial charge < -0.3 is 46.0 Å². The monoisotopic (exact) mass is 820 g/mol. The predicted octanol–water partition coefficient (Wildman–Crippen LogP) is 6.19. The number of rotatable bonds is 34. The van der Waals surface area contributed by atoms with Gasteiger partial charge in [0.1, 0.15) is 36.6 Å². The summed E-state index contributed by atoms with van der Waals surface area (Å²) in [7, 11) is -5.14. The maximum atomic E-state index is 12.9. The van der Waals surface area contributed by atoms with E-state index in [0.29, 0.717) is 12.8 Å². The van der Waals surface area contributed by atoms with Crippen molar-refractivity contribution in [3.8, 4) is 0 Å². The number of hydrogen-bond donors (Lipinski definition) is 9. The summed E-state index contributed by atoms with van der Waals surface area (Å²) in [5.41, 5.74) is 0. The van der Waals surface area contributed by atoms with Crippen molar-refractivity contribution in [2.45, 2.75) is 216 Å². The van der Waals surface area contributed by atoms with Crippen LogP contribution in [0.4, 0.5) is 0 Å². The Balaban J connectivity index is 2.63. The molecule has 0 aromatic heterocycles. The van der Waals surface area contributed by atoms with Crippen molar-refractivity contribution in [1.29, 1.82) is 0 Å². The highest BCUT2D eigenvalue weighted by Gasteiger charge is 2.51. The minimum absolute atomic E-state index is 0.259. The Bertz CT molecular complexity index is 1110. The van der Waals surface area contributed by atoms with Gasteiger partial charge in [-0.25, -0.2) is 4.57 Å². The number of phosphoric ester groups is 1. The van der Waals surface area contributed by atoms with Crippen LogP contribution < -0.4 is 5.32 Å². The number of aliphatic hydroxyl groups excluding tert-OH is 7. The van der Waals surface area contributed by atoms with Gasteiger partial charge in [0.15, 0.2) is 0 Å². The number of nitrogens with one attached hydrogen (secondary N) is 1. The van der Waals surface area contributed by atoms with Gasteiger partial charge in [-0.2, -0.15) is 0 Å². The number of hydrogen-bond acceptors (Lipinski definition) is 11. The Kier molecular flexibility index (Phi) is 30.4. The molecule has 8 unspecified atom stereocenters. The average molecular weight is 820 g/mol. The van der Waals surface area contributed by atoms with Crippen molar-refractivity contribution in [1.82, 2.24) is 5.32 Å². The van der Waals surface area contributed by atoms with Crippen LogP contribution in [0.5, 0.6) is 0 Å². The van der Waals surface area contributed by atoms with E-state index in [-0.39, 0.29) is 6.42 Å². The van der Waals surface area contributed by atoms with Gasteiger partial charge >= 0.3 is 7.82 Å². The van der Waals surface area contributed by atoms with E-state index in [0.717, 1.165) is 57.8 Å². The lowest BCUT2D eigenvalue weighted by molar-refractivity contribution is -0.220. The molecule has 0 radical (unpaired) electrons. The van der Waals surface area contributed by atoms with Gasteiger partial charge in [-0.15, -0.1) is 0 Å². The first-order valence-corrected chi connectivity index (χ1v) is 23.0. The number of carbonyl (C=O) groups is 1. The van der Waals surface area contributed by atoms with E-state index in [4.69, 9.17) is 9.05 Å². The molecule has 0 bridgehead atoms. The molecule has 1 saturated carbocycles. The number of amides is 1. The molecule has 8 atom stereocenters. The van der Waals surface area contributed by atoms with Crippen molar-refractivity contribution in [2.75, 3.05) is 6.61 Å². The summed E-state index contributed by atoms with van der Waals surface area (Å²) in [6.07, 6.45) is 20.9. The molecule has 13 nitrogen and oxygen atoms in total. The molecule has 1 aliphatic carbocycles. The quantitative estimate of drug-likeness (QED) is 0.0153. The zero-order valence-corrected chi connectivity index (χ0v) is 35.2. The Morgan fingerprint density at radius 3 is 1.61 bits per heavy atom. The second kappa shape index (κ2) is 32.4. The van der Waals surface area contributed by atoms with Crippen LogP contribution >= 0.6 is 7.82 Å². The van der Waals surface area contributed by atoms with Gasteiger partial charge in [-0.3, -0.25) is 13.8 Å². The molecular formula is C42H78NO12P. The first kappa shape index (κ1) is 52.5. The number of unbranched alkanes of at least 4 members (excludes halogenated alkanes) is 18. The molecule has 0 aliphatic heterocycles. The standard InChI is InChI=1S/C42H78NO12P/c1-3-5-7-9-11-13-15-17-19-21-23-25-27-29-33(44)31-36(46)43-34(35(45)30-28-26-24-22-20-18-16-14-12-10-8-6-4-2)32-54-56(52,53)55-42-40(50)38(48)37(47)39(49)41(42)51/h11,13,15,17,28,30,33-35,37-42,44-45,47-51H,3-10,12,14,16,18-27,29,31-32H2,1-2H3,(H,43,46)(H,52,53)/b13-11-,17-15-,30-28+. The fourth-order valence-electron chi connectivity index (χ4n) is 6.64. The Hall–Kier alpha value is -1.48. The third-order valence-corrected chi connectivity index (χ3v) is 11.2. The summed E-state index contributed by atoms with van der Waals surface area (Å²) in [4.78, 5) is 23.3. The molecule has 328 valence electrons. The molecule has 1 fully saturated rings. The molecule has 0 heterocycles. The van der Waals surface area contributed by atoms with Crippen molar-refractivity contribution >= 4 is 13.7 Å². The first-order valence-electron chi connectivity index (χ1n) is 21.5. The normalized spacial score (nSPS) is 24.5. The van der Waals surface area contributed by atoms with Crippen LogP contribution in [0.15, 0.2) is 36.5 Å². The lowest BCUT2D eigenvalue weighted by Gasteiger charge is -2.41. The zero-order valence-electron chi connectivity index (χ0n) is 34.3. The van der Waals surface area contributed by atoms with E-state index >= 15 is 0 Å². The smallest absolute Gasteiger partial charge is 0.393 e. The van der Waals surface area contributed by atoms with Crippen LogP contribution in [0.25, 0.3) is 0 Å². The zero-order chi connectivity index (χ0) is 41.6. The van der Waals surface area contributed by atoms with Crippen molar-refractivity contribution in [2.24, 2.45) is 0 Å². The van der Waals surface area contributed by atoms with E-state index in [9.17, 15) is 50.0 Å². The fourth-order valence-corrected chi connectivity index (χ4v) is 7.61. The molecule has 1 rings (SSSR count). The van der Waals surface area contributed by atoms with Crippen LogP contribution in [0.2, 0.25) is 0 Å². The van der Waals surface area contributed by atoms with E-state index in [1.54, 1.807) is 6.08 Å². The van der Waals surface area contributed by atoms with Crippen LogP contribution in [-0.4, -0.2) is 108 Å². The minimum Gasteiger partial charge on any atom is -0.393 e. The highest BCUT2D eigenvalue weighted by Crippen LogP contribution is 2.47. The number of allylic oxidation sites excluding steroid dienone is 5. The maximum Gasteiger partial charge on any atom is 0.472 e. The number of aliphatic hydroxyl groups is 7. The second-order valence-electron chi connectivity index (χ2n) is 15.4. The molecule has 9 N–H and O–H groups in total. The molecule has 0 spiro atoms. The largest absolute Gasteiger partial charge is 0.472 e. The average Bonchev–Trinajstić information content (AvgIpc) is 3.17. The Labute approximate surface area is 336 Å². The van der Waals surface area contributed by atoms with E-state index < -0.39 is 75.2 Å². The SMILES string of the molecule is CCCCC/C=C\C=C/CCCCCCC(O)CC(=O)NC(COP(=O)(O)OC1C(O)C(O)C(O)C(O)C1O)C(O)/C=C/CCCCCCCCCCCCC. The summed E-state index contributed by atoms with van der Waals surface area (Å²) < 4.78 is 22.8. The van der Waals surface area contributed by atoms with Gasteiger partial charge in [0.25, 0.3) is 0 Å². The van der Waals surface area contributed by atoms with Crippen molar-refractivity contribution in [3.05, 3.63) is 36.5 Å². The summed E-state index contributed by atoms with van der Waals surface area (Å²) in [6.45, 7) is 3.67. The molecule has 1 aliphatic rings. The number of carbonyl (C=O) groups excluding carboxylic acids is 1. The predicted molar refractivity (Wildman–Crippen MR) is 220 cm³/mol. The van der Waals surface area contributed by atoms with Gasteiger partial charge in [0.05, 0.1) is 31.3 Å². The molecule has 14 heteroatoms. The third-order valence-electron chi connectivity index (χ3n) is 10.2. The molecule has 0 aromatic rings. The fraction of sp³-hybridized carbons (Fsp3) is 0.833. The van der Waals surface area contributed by atoms with Crippen molar-refractivity contribution < 1.29 is 59.0 Å². The summed E-state index contributed by atoms with van der Waals surface area (Å²) in [5, 5.41) is 74.2. The summed E-state index contributed by atoms with van der Waals surface area (Å²) >= 11 is 0. The van der Waals surface area contributed by atoms with Gasteiger partial charge in [0.2, 0.25) is 5.91 Å².